The quantitative estimate of drug-likeness (QED) is 0.399. The number of allylic oxidation sites excluding steroid dienone is 6. The van der Waals surface area contributed by atoms with Crippen LogP contribution in [0.25, 0.3) is 0 Å². The molecule has 0 radical (unpaired) electrons. The molecular formula is C7H7-. The molecule has 0 unspecified atom stereocenters. The molecule has 0 amide bonds. The van der Waals surface area contributed by atoms with Gasteiger partial charge in [-0.15, -0.1) is 12.2 Å². The van der Waals surface area contributed by atoms with E-state index in [4.69, 9.17) is 0 Å². The Kier molecular flexibility index (Phi) is 1.40. The van der Waals surface area contributed by atoms with Gasteiger partial charge in [-0.25, -0.2) is 0 Å². The van der Waals surface area contributed by atoms with E-state index in [1.165, 1.54) is 0 Å². The Bertz CT molecular complexity index is 102. The summed E-state index contributed by atoms with van der Waals surface area (Å²) in [4.78, 5) is 0. The largest absolute Gasteiger partial charge is 0.172 e. The summed E-state index contributed by atoms with van der Waals surface area (Å²) >= 11 is 0. The van der Waals surface area contributed by atoms with Crippen molar-refractivity contribution in [3.8, 4) is 0 Å². The van der Waals surface area contributed by atoms with Crippen LogP contribution in [0, 0.1) is 6.42 Å². The lowest BCUT2D eigenvalue weighted by Gasteiger charge is -1.80. The highest BCUT2D eigenvalue weighted by atomic mass is 13.8. The van der Waals surface area contributed by atoms with Crippen LogP contribution in [0.15, 0.2) is 36.5 Å². The minimum atomic E-state index is 2.00. The van der Waals surface area contributed by atoms with Crippen molar-refractivity contribution < 1.29 is 0 Å². The van der Waals surface area contributed by atoms with Crippen molar-refractivity contribution in [2.45, 2.75) is 0 Å². The predicted molar refractivity (Wildman–Crippen MR) is 31.7 cm³/mol. The molecule has 0 bridgehead atoms. The molecule has 0 aliphatic heterocycles. The van der Waals surface area contributed by atoms with Crippen molar-refractivity contribution >= 4 is 0 Å². The summed E-state index contributed by atoms with van der Waals surface area (Å²) in [6, 6.07) is 0. The molecule has 0 N–H and O–H groups in total. The Morgan fingerprint density at radius 1 is 0.714 bits per heavy atom. The van der Waals surface area contributed by atoms with Gasteiger partial charge in [-0.1, -0.05) is 0 Å². The second-order valence-corrected chi connectivity index (χ2v) is 1.35. The highest BCUT2D eigenvalue weighted by Gasteiger charge is 1.60. The average molecular weight is 91.1 g/mol. The summed E-state index contributed by atoms with van der Waals surface area (Å²) in [7, 11) is 0. The van der Waals surface area contributed by atoms with Crippen molar-refractivity contribution in [1.29, 1.82) is 0 Å². The van der Waals surface area contributed by atoms with E-state index in [2.05, 4.69) is 0 Å². The standard InChI is InChI=1S/C7H7/c1-2-4-6-7-5-3-1/h1-7H/q-1. The minimum Gasteiger partial charge on any atom is -0.172 e. The summed E-state index contributed by atoms with van der Waals surface area (Å²) in [5.41, 5.74) is 0. The lowest BCUT2D eigenvalue weighted by Crippen LogP contribution is -1.51. The molecule has 0 nitrogen and oxygen atoms in total. The first kappa shape index (κ1) is 4.25. The fourth-order valence-corrected chi connectivity index (χ4v) is 0.449. The van der Waals surface area contributed by atoms with E-state index >= 15 is 0 Å². The maximum atomic E-state index is 2.00. The van der Waals surface area contributed by atoms with Gasteiger partial charge in [-0.2, -0.15) is 30.7 Å². The third-order valence-electron chi connectivity index (χ3n) is 0.778. The minimum absolute atomic E-state index is 2.00. The van der Waals surface area contributed by atoms with Crippen molar-refractivity contribution in [1.82, 2.24) is 0 Å². The van der Waals surface area contributed by atoms with Crippen LogP contribution in [-0.2, 0) is 0 Å². The van der Waals surface area contributed by atoms with E-state index in [0.29, 0.717) is 0 Å². The zero-order chi connectivity index (χ0) is 4.95. The Morgan fingerprint density at radius 2 is 1.29 bits per heavy atom. The van der Waals surface area contributed by atoms with Crippen LogP contribution in [0.2, 0.25) is 0 Å². The summed E-state index contributed by atoms with van der Waals surface area (Å²) in [5, 5.41) is 0. The Labute approximate surface area is 43.9 Å². The Morgan fingerprint density at radius 3 is 1.86 bits per heavy atom. The number of rotatable bonds is 0. The van der Waals surface area contributed by atoms with Gasteiger partial charge in [0.2, 0.25) is 0 Å². The molecular weight excluding hydrogens is 84.1 g/mol. The highest BCUT2D eigenvalue weighted by molar-refractivity contribution is 5.23. The van der Waals surface area contributed by atoms with Crippen LogP contribution in [0.1, 0.15) is 0 Å². The monoisotopic (exact) mass is 91.1 g/mol. The molecule has 0 heteroatoms. The van der Waals surface area contributed by atoms with Gasteiger partial charge in [-0.05, 0) is 0 Å². The third kappa shape index (κ3) is 1.31. The van der Waals surface area contributed by atoms with Crippen LogP contribution < -0.4 is 0 Å². The highest BCUT2D eigenvalue weighted by Crippen LogP contribution is 1.90. The van der Waals surface area contributed by atoms with Gasteiger partial charge in [0.1, 0.15) is 0 Å². The van der Waals surface area contributed by atoms with Gasteiger partial charge in [0, 0.05) is 0 Å². The normalized spacial score (nSPS) is 16.0. The molecule has 0 aromatic heterocycles. The smallest absolute Gasteiger partial charge is 0.129 e. The maximum absolute atomic E-state index is 2.00. The molecule has 1 rings (SSSR count). The lowest BCUT2D eigenvalue weighted by atomic mass is 10.4. The molecule has 36 valence electrons. The molecule has 7 heavy (non-hydrogen) atoms. The van der Waals surface area contributed by atoms with E-state index in [0.717, 1.165) is 0 Å². The zero-order valence-corrected chi connectivity index (χ0v) is 4.04. The van der Waals surface area contributed by atoms with Crippen LogP contribution in [0.3, 0.4) is 0 Å². The van der Waals surface area contributed by atoms with Crippen molar-refractivity contribution in [2.24, 2.45) is 0 Å². The SMILES string of the molecule is C1=CC=C[CH-]C=C1. The second-order valence-electron chi connectivity index (χ2n) is 1.35. The molecule has 1 aliphatic carbocycles. The molecule has 0 heterocycles. The summed E-state index contributed by atoms with van der Waals surface area (Å²) in [6.45, 7) is 0. The fraction of sp³-hybridized carbons (Fsp3) is 0. The van der Waals surface area contributed by atoms with Crippen LogP contribution >= 0.6 is 0 Å². The zero-order valence-electron chi connectivity index (χ0n) is 4.04. The van der Waals surface area contributed by atoms with E-state index in [1.807, 2.05) is 42.9 Å². The topological polar surface area (TPSA) is 0 Å². The molecule has 0 aromatic carbocycles. The van der Waals surface area contributed by atoms with Gasteiger partial charge in [0.25, 0.3) is 0 Å². The predicted octanol–water partition coefficient (Wildman–Crippen LogP) is 1.87. The summed E-state index contributed by atoms with van der Waals surface area (Å²) in [6.07, 6.45) is 14.0. The molecule has 0 saturated carbocycles. The van der Waals surface area contributed by atoms with Gasteiger partial charge < -0.3 is 0 Å². The van der Waals surface area contributed by atoms with Gasteiger partial charge >= 0.3 is 0 Å². The van der Waals surface area contributed by atoms with Crippen molar-refractivity contribution in [2.75, 3.05) is 0 Å². The molecule has 0 fully saturated rings. The van der Waals surface area contributed by atoms with Gasteiger partial charge in [0.15, 0.2) is 0 Å². The lowest BCUT2D eigenvalue weighted by molar-refractivity contribution is 1.78. The van der Waals surface area contributed by atoms with Crippen LogP contribution in [0.5, 0.6) is 0 Å². The van der Waals surface area contributed by atoms with E-state index in [-0.39, 0.29) is 0 Å². The first-order valence-corrected chi connectivity index (χ1v) is 2.33. The Balaban J connectivity index is 2.60. The van der Waals surface area contributed by atoms with Crippen molar-refractivity contribution in [3.63, 3.8) is 0 Å². The van der Waals surface area contributed by atoms with Crippen LogP contribution in [-0.4, -0.2) is 0 Å². The van der Waals surface area contributed by atoms with Gasteiger partial charge in [0.05, 0.1) is 0 Å². The first-order chi connectivity index (χ1) is 3.50. The maximum Gasteiger partial charge on any atom is -0.129 e. The molecule has 0 atom stereocenters. The van der Waals surface area contributed by atoms with Crippen molar-refractivity contribution in [3.05, 3.63) is 42.9 Å². The molecule has 0 saturated heterocycles. The Hall–Kier alpha value is -0.910. The molecule has 0 aromatic rings. The number of hydrogen-bond donors (Lipinski definition) is 0. The summed E-state index contributed by atoms with van der Waals surface area (Å²) < 4.78 is 0. The van der Waals surface area contributed by atoms with E-state index < -0.39 is 0 Å². The van der Waals surface area contributed by atoms with Crippen LogP contribution in [0.4, 0.5) is 0 Å². The molecule has 0 spiro atoms. The third-order valence-corrected chi connectivity index (χ3v) is 0.778. The van der Waals surface area contributed by atoms with E-state index in [1.54, 1.807) is 0 Å². The van der Waals surface area contributed by atoms with Gasteiger partial charge in [-0.3, -0.25) is 0 Å². The fourth-order valence-electron chi connectivity index (χ4n) is 0.449. The van der Waals surface area contributed by atoms with E-state index in [9.17, 15) is 0 Å². The average Bonchev–Trinajstić information content (AvgIpc) is 1.90. The summed E-state index contributed by atoms with van der Waals surface area (Å²) in [5.74, 6) is 0. The molecule has 1 aliphatic rings. The first-order valence-electron chi connectivity index (χ1n) is 2.33. The number of hydrogen-bond acceptors (Lipinski definition) is 0. The second kappa shape index (κ2) is 2.30.